The number of nitrogens with zero attached hydrogens (tertiary/aromatic N) is 6. The van der Waals surface area contributed by atoms with E-state index in [9.17, 15) is 9.18 Å². The third-order valence-electron chi connectivity index (χ3n) is 5.68. The number of carbonyl (C=O) groups is 1. The number of carbonyl (C=O) groups excluding carboxylic acids is 1. The van der Waals surface area contributed by atoms with Crippen molar-refractivity contribution >= 4 is 35.1 Å². The van der Waals surface area contributed by atoms with E-state index in [0.717, 1.165) is 37.7 Å². The lowest BCUT2D eigenvalue weighted by molar-refractivity contribution is 0.208. The van der Waals surface area contributed by atoms with Crippen LogP contribution in [0.25, 0.3) is 0 Å². The molecular formula is C21H27ClFN7O. The van der Waals surface area contributed by atoms with Crippen LogP contribution in [0.4, 0.5) is 26.6 Å². The van der Waals surface area contributed by atoms with E-state index >= 15 is 0 Å². The highest BCUT2D eigenvalue weighted by Gasteiger charge is 2.24. The van der Waals surface area contributed by atoms with Gasteiger partial charge in [0.2, 0.25) is 5.95 Å². The monoisotopic (exact) mass is 447 g/mol. The summed E-state index contributed by atoms with van der Waals surface area (Å²) in [6.45, 7) is 8.30. The van der Waals surface area contributed by atoms with Gasteiger partial charge < -0.3 is 24.9 Å². The molecule has 1 aromatic heterocycles. The van der Waals surface area contributed by atoms with E-state index in [4.69, 9.17) is 16.6 Å². The lowest BCUT2D eigenvalue weighted by atomic mass is 10.3. The lowest BCUT2D eigenvalue weighted by Gasteiger charge is -2.36. The van der Waals surface area contributed by atoms with E-state index in [2.05, 4.69) is 32.0 Å². The highest BCUT2D eigenvalue weighted by atomic mass is 35.5. The minimum atomic E-state index is -0.512. The molecule has 0 bridgehead atoms. The van der Waals surface area contributed by atoms with E-state index in [-0.39, 0.29) is 11.1 Å². The molecule has 0 radical (unpaired) electrons. The summed E-state index contributed by atoms with van der Waals surface area (Å²) in [4.78, 5) is 30.5. The number of urea groups is 1. The van der Waals surface area contributed by atoms with Crippen LogP contribution in [0.5, 0.6) is 0 Å². The zero-order valence-corrected chi connectivity index (χ0v) is 18.6. The molecule has 8 nitrogen and oxygen atoms in total. The minimum Gasteiger partial charge on any atom is -0.354 e. The minimum absolute atomic E-state index is 0.0182. The van der Waals surface area contributed by atoms with Gasteiger partial charge in [0, 0.05) is 69.8 Å². The summed E-state index contributed by atoms with van der Waals surface area (Å²) in [5.74, 6) is 1.16. The standard InChI is InChI=1S/C21H27ClFN7O/c1-15-13-19(28-7-5-27(2)6-8-28)26-20(24-15)29-9-11-30(12-10-29)21(31)25-16-3-4-18(23)17(22)14-16/h3-4,13-14H,5-12H2,1-2H3,(H,25,31). The number of aromatic nitrogens is 2. The van der Waals surface area contributed by atoms with E-state index in [1.54, 1.807) is 4.90 Å². The number of piperazine rings is 2. The molecule has 0 unspecified atom stereocenters. The molecular weight excluding hydrogens is 421 g/mol. The molecule has 2 aliphatic rings. The number of hydrogen-bond acceptors (Lipinski definition) is 6. The van der Waals surface area contributed by atoms with Crippen LogP contribution in [-0.2, 0) is 0 Å². The number of anilines is 3. The fourth-order valence-electron chi connectivity index (χ4n) is 3.76. The average molecular weight is 448 g/mol. The number of amides is 2. The smallest absolute Gasteiger partial charge is 0.321 e. The van der Waals surface area contributed by atoms with Crippen LogP contribution in [0.3, 0.4) is 0 Å². The summed E-state index contributed by atoms with van der Waals surface area (Å²) < 4.78 is 13.3. The number of nitrogens with one attached hydrogen (secondary N) is 1. The number of hydrogen-bond donors (Lipinski definition) is 1. The van der Waals surface area contributed by atoms with Gasteiger partial charge in [-0.3, -0.25) is 0 Å². The molecule has 31 heavy (non-hydrogen) atoms. The molecule has 1 aromatic carbocycles. The second kappa shape index (κ2) is 9.23. The SMILES string of the molecule is Cc1cc(N2CCN(C)CC2)nc(N2CCN(C(=O)Nc3ccc(F)c(Cl)c3)CC2)n1. The maximum atomic E-state index is 13.3. The fourth-order valence-corrected chi connectivity index (χ4v) is 3.94. The Balaban J connectivity index is 1.37. The zero-order chi connectivity index (χ0) is 22.0. The first-order valence-corrected chi connectivity index (χ1v) is 10.8. The van der Waals surface area contributed by atoms with Crippen molar-refractivity contribution in [2.75, 3.05) is 74.5 Å². The molecule has 0 aliphatic carbocycles. The van der Waals surface area contributed by atoms with Crippen LogP contribution in [0.15, 0.2) is 24.3 Å². The fraction of sp³-hybridized carbons (Fsp3) is 0.476. The molecule has 1 N–H and O–H groups in total. The molecule has 0 saturated carbocycles. The summed E-state index contributed by atoms with van der Waals surface area (Å²) in [5, 5.41) is 2.76. The molecule has 4 rings (SSSR count). The highest BCUT2D eigenvalue weighted by Crippen LogP contribution is 2.22. The van der Waals surface area contributed by atoms with Crippen molar-refractivity contribution < 1.29 is 9.18 Å². The Morgan fingerprint density at radius 2 is 1.68 bits per heavy atom. The topological polar surface area (TPSA) is 67.8 Å². The summed E-state index contributed by atoms with van der Waals surface area (Å²) in [6.07, 6.45) is 0. The average Bonchev–Trinajstić information content (AvgIpc) is 2.76. The number of rotatable bonds is 3. The molecule has 10 heteroatoms. The van der Waals surface area contributed by atoms with Crippen molar-refractivity contribution in [1.82, 2.24) is 19.8 Å². The van der Waals surface area contributed by atoms with Crippen LogP contribution in [-0.4, -0.2) is 85.2 Å². The predicted octanol–water partition coefficient (Wildman–Crippen LogP) is 2.68. The van der Waals surface area contributed by atoms with E-state index in [1.165, 1.54) is 18.2 Å². The predicted molar refractivity (Wildman–Crippen MR) is 121 cm³/mol. The van der Waals surface area contributed by atoms with Gasteiger partial charge in [0.1, 0.15) is 11.6 Å². The van der Waals surface area contributed by atoms with Crippen molar-refractivity contribution in [3.05, 3.63) is 40.8 Å². The normalized spacial score (nSPS) is 17.7. The van der Waals surface area contributed by atoms with Gasteiger partial charge in [-0.1, -0.05) is 11.6 Å². The molecule has 0 spiro atoms. The lowest BCUT2D eigenvalue weighted by Crippen LogP contribution is -2.50. The van der Waals surface area contributed by atoms with Crippen LogP contribution >= 0.6 is 11.6 Å². The van der Waals surface area contributed by atoms with Gasteiger partial charge in [-0.25, -0.2) is 14.2 Å². The van der Waals surface area contributed by atoms with Gasteiger partial charge in [-0.05, 0) is 32.2 Å². The first-order chi connectivity index (χ1) is 14.9. The summed E-state index contributed by atoms with van der Waals surface area (Å²) in [7, 11) is 2.13. The summed E-state index contributed by atoms with van der Waals surface area (Å²) >= 11 is 5.79. The molecule has 0 atom stereocenters. The van der Waals surface area contributed by atoms with Crippen LogP contribution < -0.4 is 15.1 Å². The number of halogens is 2. The molecule has 2 saturated heterocycles. The maximum Gasteiger partial charge on any atom is 0.321 e. The quantitative estimate of drug-likeness (QED) is 0.780. The van der Waals surface area contributed by atoms with E-state index in [1.807, 2.05) is 13.0 Å². The second-order valence-electron chi connectivity index (χ2n) is 7.99. The first kappa shape index (κ1) is 21.6. The molecule has 2 amide bonds. The van der Waals surface area contributed by atoms with Crippen molar-refractivity contribution in [3.63, 3.8) is 0 Å². The Bertz CT molecular complexity index is 943. The Labute approximate surface area is 186 Å². The summed E-state index contributed by atoms with van der Waals surface area (Å²) in [5.41, 5.74) is 1.41. The molecule has 2 aromatic rings. The van der Waals surface area contributed by atoms with Crippen molar-refractivity contribution in [2.24, 2.45) is 0 Å². The van der Waals surface area contributed by atoms with Crippen molar-refractivity contribution in [2.45, 2.75) is 6.92 Å². The largest absolute Gasteiger partial charge is 0.354 e. The third-order valence-corrected chi connectivity index (χ3v) is 5.97. The van der Waals surface area contributed by atoms with Gasteiger partial charge >= 0.3 is 6.03 Å². The van der Waals surface area contributed by atoms with E-state index < -0.39 is 5.82 Å². The molecule has 166 valence electrons. The second-order valence-corrected chi connectivity index (χ2v) is 8.40. The third kappa shape index (κ3) is 5.16. The zero-order valence-electron chi connectivity index (χ0n) is 17.8. The van der Waals surface area contributed by atoms with Gasteiger partial charge in [-0.15, -0.1) is 0 Å². The summed E-state index contributed by atoms with van der Waals surface area (Å²) in [6, 6.07) is 5.95. The van der Waals surface area contributed by atoms with Gasteiger partial charge in [0.25, 0.3) is 0 Å². The first-order valence-electron chi connectivity index (χ1n) is 10.4. The van der Waals surface area contributed by atoms with Crippen LogP contribution in [0, 0.1) is 12.7 Å². The van der Waals surface area contributed by atoms with Crippen LogP contribution in [0.2, 0.25) is 5.02 Å². The Morgan fingerprint density at radius 3 is 2.35 bits per heavy atom. The van der Waals surface area contributed by atoms with Gasteiger partial charge in [0.15, 0.2) is 0 Å². The molecule has 2 fully saturated rings. The van der Waals surface area contributed by atoms with Crippen molar-refractivity contribution in [1.29, 1.82) is 0 Å². The number of aryl methyl sites for hydroxylation is 1. The number of likely N-dealkylation sites (N-methyl/N-ethyl adjacent to an activating group) is 1. The van der Waals surface area contributed by atoms with Gasteiger partial charge in [-0.2, -0.15) is 4.98 Å². The van der Waals surface area contributed by atoms with Crippen LogP contribution in [0.1, 0.15) is 5.69 Å². The van der Waals surface area contributed by atoms with E-state index in [0.29, 0.717) is 37.8 Å². The molecule has 3 heterocycles. The number of benzene rings is 1. The van der Waals surface area contributed by atoms with Gasteiger partial charge in [0.05, 0.1) is 5.02 Å². The van der Waals surface area contributed by atoms with Crippen molar-refractivity contribution in [3.8, 4) is 0 Å². The molecule has 2 aliphatic heterocycles. The Kier molecular flexibility index (Phi) is 6.43. The Hall–Kier alpha value is -2.65. The maximum absolute atomic E-state index is 13.3. The Morgan fingerprint density at radius 1 is 1.00 bits per heavy atom. The highest BCUT2D eigenvalue weighted by molar-refractivity contribution is 6.31.